The maximum absolute atomic E-state index is 13.4. The first-order chi connectivity index (χ1) is 8.99. The van der Waals surface area contributed by atoms with Gasteiger partial charge in [-0.05, 0) is 22.0 Å². The Labute approximate surface area is 120 Å². The van der Waals surface area contributed by atoms with E-state index in [9.17, 15) is 9.18 Å². The predicted molar refractivity (Wildman–Crippen MR) is 70.4 cm³/mol. The summed E-state index contributed by atoms with van der Waals surface area (Å²) in [6.07, 6.45) is 2.53. The van der Waals surface area contributed by atoms with E-state index in [1.54, 1.807) is 0 Å². The van der Waals surface area contributed by atoms with Crippen LogP contribution in [-0.4, -0.2) is 16.1 Å². The number of benzene rings is 1. The number of carbonyl (C=O) groups is 1. The Morgan fingerprint density at radius 2 is 2.16 bits per heavy atom. The lowest BCUT2D eigenvalue weighted by molar-refractivity contribution is 0.0693. The van der Waals surface area contributed by atoms with Crippen molar-refractivity contribution >= 4 is 33.5 Å². The van der Waals surface area contributed by atoms with Gasteiger partial charge in [0.15, 0.2) is 0 Å². The van der Waals surface area contributed by atoms with E-state index in [1.807, 2.05) is 0 Å². The van der Waals surface area contributed by atoms with E-state index >= 15 is 0 Å². The summed E-state index contributed by atoms with van der Waals surface area (Å²) in [6, 6.07) is 3.77. The van der Waals surface area contributed by atoms with Gasteiger partial charge in [0.05, 0.1) is 9.50 Å². The Hall–Kier alpha value is -1.66. The second-order valence-corrected chi connectivity index (χ2v) is 4.74. The van der Waals surface area contributed by atoms with Crippen LogP contribution in [0.4, 0.5) is 4.39 Å². The second-order valence-electron chi connectivity index (χ2n) is 3.48. The van der Waals surface area contributed by atoms with Crippen LogP contribution in [0, 0.1) is 5.82 Å². The SMILES string of the molecule is O=C(O)c1cnccc1Oc1cc(F)c(Cl)cc1Br. The van der Waals surface area contributed by atoms with Crippen LogP contribution in [0.15, 0.2) is 35.1 Å². The third kappa shape index (κ3) is 3.02. The molecule has 7 heteroatoms. The smallest absolute Gasteiger partial charge is 0.341 e. The van der Waals surface area contributed by atoms with Crippen molar-refractivity contribution in [2.45, 2.75) is 0 Å². The number of carboxylic acid groups (broad SMARTS) is 1. The molecule has 2 aromatic rings. The molecule has 0 unspecified atom stereocenters. The van der Waals surface area contributed by atoms with Gasteiger partial charge in [-0.15, -0.1) is 0 Å². The van der Waals surface area contributed by atoms with E-state index in [4.69, 9.17) is 21.4 Å². The van der Waals surface area contributed by atoms with E-state index in [1.165, 1.54) is 18.3 Å². The zero-order valence-corrected chi connectivity index (χ0v) is 11.6. The third-order valence-corrected chi connectivity index (χ3v) is 3.12. The Morgan fingerprint density at radius 3 is 2.84 bits per heavy atom. The number of rotatable bonds is 3. The summed E-state index contributed by atoms with van der Waals surface area (Å²) in [4.78, 5) is 14.7. The number of halogens is 3. The van der Waals surface area contributed by atoms with Gasteiger partial charge in [0.25, 0.3) is 0 Å². The quantitative estimate of drug-likeness (QED) is 0.849. The van der Waals surface area contributed by atoms with Crippen LogP contribution < -0.4 is 4.74 Å². The summed E-state index contributed by atoms with van der Waals surface area (Å²) < 4.78 is 19.1. The molecule has 1 N–H and O–H groups in total. The molecule has 19 heavy (non-hydrogen) atoms. The van der Waals surface area contributed by atoms with Gasteiger partial charge < -0.3 is 9.84 Å². The molecule has 1 aromatic carbocycles. The van der Waals surface area contributed by atoms with E-state index in [2.05, 4.69) is 20.9 Å². The fraction of sp³-hybridized carbons (Fsp3) is 0. The van der Waals surface area contributed by atoms with Crippen molar-refractivity contribution < 1.29 is 19.0 Å². The topological polar surface area (TPSA) is 59.4 Å². The Kier molecular flexibility index (Phi) is 4.01. The van der Waals surface area contributed by atoms with E-state index in [-0.39, 0.29) is 22.1 Å². The molecule has 0 atom stereocenters. The molecular formula is C12H6BrClFNO3. The lowest BCUT2D eigenvalue weighted by atomic mass is 10.2. The number of carboxylic acids is 1. The first-order valence-electron chi connectivity index (χ1n) is 4.98. The van der Waals surface area contributed by atoms with Gasteiger partial charge in [0.1, 0.15) is 22.9 Å². The molecule has 0 radical (unpaired) electrons. The number of hydrogen-bond acceptors (Lipinski definition) is 3. The minimum absolute atomic E-state index is 0.0601. The molecule has 0 amide bonds. The van der Waals surface area contributed by atoms with Gasteiger partial charge in [-0.25, -0.2) is 9.18 Å². The van der Waals surface area contributed by atoms with Crippen LogP contribution in [0.25, 0.3) is 0 Å². The van der Waals surface area contributed by atoms with Crippen molar-refractivity contribution in [3.05, 3.63) is 51.5 Å². The number of aromatic carboxylic acids is 1. The van der Waals surface area contributed by atoms with Gasteiger partial charge >= 0.3 is 5.97 Å². The highest BCUT2D eigenvalue weighted by Crippen LogP contribution is 2.34. The first kappa shape index (κ1) is 13.8. The molecule has 0 aliphatic carbocycles. The molecule has 98 valence electrons. The van der Waals surface area contributed by atoms with E-state index in [0.717, 1.165) is 12.3 Å². The number of pyridine rings is 1. The average molecular weight is 347 g/mol. The zero-order chi connectivity index (χ0) is 14.0. The number of nitrogens with zero attached hydrogens (tertiary/aromatic N) is 1. The summed E-state index contributed by atoms with van der Waals surface area (Å²) in [5, 5.41) is 8.92. The lowest BCUT2D eigenvalue weighted by Crippen LogP contribution is -2.01. The first-order valence-corrected chi connectivity index (χ1v) is 6.16. The molecule has 1 heterocycles. The lowest BCUT2D eigenvalue weighted by Gasteiger charge is -2.10. The minimum Gasteiger partial charge on any atom is -0.477 e. The minimum atomic E-state index is -1.19. The molecule has 0 saturated heterocycles. The monoisotopic (exact) mass is 345 g/mol. The van der Waals surface area contributed by atoms with Crippen molar-refractivity contribution in [3.8, 4) is 11.5 Å². The fourth-order valence-electron chi connectivity index (χ4n) is 1.33. The number of aromatic nitrogens is 1. The van der Waals surface area contributed by atoms with Crippen molar-refractivity contribution in [2.24, 2.45) is 0 Å². The fourth-order valence-corrected chi connectivity index (χ4v) is 2.05. The second kappa shape index (κ2) is 5.54. The number of hydrogen-bond donors (Lipinski definition) is 1. The Bertz CT molecular complexity index is 651. The molecule has 0 aliphatic rings. The number of ether oxygens (including phenoxy) is 1. The molecule has 2 rings (SSSR count). The Balaban J connectivity index is 2.42. The van der Waals surface area contributed by atoms with Crippen molar-refractivity contribution in [2.75, 3.05) is 0 Å². The maximum Gasteiger partial charge on any atom is 0.341 e. The highest BCUT2D eigenvalue weighted by molar-refractivity contribution is 9.10. The average Bonchev–Trinajstić information content (AvgIpc) is 2.36. The van der Waals surface area contributed by atoms with Crippen molar-refractivity contribution in [1.29, 1.82) is 0 Å². The highest BCUT2D eigenvalue weighted by atomic mass is 79.9. The standard InChI is InChI=1S/C12H6BrClFNO3/c13-7-3-8(14)9(15)4-11(7)19-10-1-2-16-5-6(10)12(17)18/h1-5H,(H,17,18). The summed E-state index contributed by atoms with van der Waals surface area (Å²) in [7, 11) is 0. The Morgan fingerprint density at radius 1 is 1.42 bits per heavy atom. The van der Waals surface area contributed by atoms with Crippen LogP contribution in [0.3, 0.4) is 0 Å². The molecule has 4 nitrogen and oxygen atoms in total. The maximum atomic E-state index is 13.4. The summed E-state index contributed by atoms with van der Waals surface area (Å²) in [5.41, 5.74) is -0.121. The van der Waals surface area contributed by atoms with Gasteiger partial charge in [0.2, 0.25) is 0 Å². The van der Waals surface area contributed by atoms with Gasteiger partial charge in [-0.2, -0.15) is 0 Å². The largest absolute Gasteiger partial charge is 0.477 e. The molecule has 0 aliphatic heterocycles. The van der Waals surface area contributed by atoms with Crippen LogP contribution >= 0.6 is 27.5 Å². The highest BCUT2D eigenvalue weighted by Gasteiger charge is 2.14. The van der Waals surface area contributed by atoms with Crippen molar-refractivity contribution in [1.82, 2.24) is 4.98 Å². The van der Waals surface area contributed by atoms with Crippen LogP contribution in [-0.2, 0) is 0 Å². The normalized spacial score (nSPS) is 10.3. The zero-order valence-electron chi connectivity index (χ0n) is 9.23. The van der Waals surface area contributed by atoms with Crippen LogP contribution in [0.5, 0.6) is 11.5 Å². The van der Waals surface area contributed by atoms with Gasteiger partial charge in [-0.1, -0.05) is 11.6 Å². The van der Waals surface area contributed by atoms with Gasteiger partial charge in [-0.3, -0.25) is 4.98 Å². The van der Waals surface area contributed by atoms with Crippen LogP contribution in [0.1, 0.15) is 10.4 Å². The molecule has 0 bridgehead atoms. The summed E-state index contributed by atoms with van der Waals surface area (Å²) in [5.74, 6) is -1.67. The summed E-state index contributed by atoms with van der Waals surface area (Å²) in [6.45, 7) is 0. The molecule has 0 spiro atoms. The summed E-state index contributed by atoms with van der Waals surface area (Å²) >= 11 is 8.77. The predicted octanol–water partition coefficient (Wildman–Crippen LogP) is 4.13. The van der Waals surface area contributed by atoms with E-state index < -0.39 is 11.8 Å². The third-order valence-electron chi connectivity index (χ3n) is 2.21. The molecule has 0 saturated carbocycles. The molecule has 0 fully saturated rings. The van der Waals surface area contributed by atoms with Gasteiger partial charge in [0, 0.05) is 24.5 Å². The van der Waals surface area contributed by atoms with Crippen LogP contribution in [0.2, 0.25) is 5.02 Å². The molecular weight excluding hydrogens is 340 g/mol. The van der Waals surface area contributed by atoms with E-state index in [0.29, 0.717) is 4.47 Å². The van der Waals surface area contributed by atoms with Crippen molar-refractivity contribution in [3.63, 3.8) is 0 Å². The molecule has 1 aromatic heterocycles.